The van der Waals surface area contributed by atoms with Crippen LogP contribution in [0.2, 0.25) is 5.02 Å². The Morgan fingerprint density at radius 1 is 1.09 bits per heavy atom. The zero-order valence-electron chi connectivity index (χ0n) is 24.2. The van der Waals surface area contributed by atoms with E-state index in [0.717, 1.165) is 61.5 Å². The standard InChI is InChI=1S/C32H34ClFN4O5/c1-40-28-15-22(32(39)41-2)14-27-31(28)36-29(38(27)17-24-10-13-42-24)18-37-11-8-20(9-12-37)26-4-3-5-30(35-26)43-19-21-6-7-23(33)16-25(21)34/h3-7,14-16,20,24H,8-13,17-19H2,1-2H3. The Morgan fingerprint density at radius 2 is 1.91 bits per heavy atom. The summed E-state index contributed by atoms with van der Waals surface area (Å²) in [7, 11) is 2.95. The molecule has 0 N–H and O–H groups in total. The molecule has 6 rings (SSSR count). The Kier molecular flexibility index (Phi) is 8.78. The van der Waals surface area contributed by atoms with Crippen molar-refractivity contribution in [2.24, 2.45) is 0 Å². The van der Waals surface area contributed by atoms with Gasteiger partial charge in [-0.15, -0.1) is 0 Å². The van der Waals surface area contributed by atoms with Crippen molar-refractivity contribution in [2.75, 3.05) is 33.9 Å². The Hall–Kier alpha value is -3.73. The Morgan fingerprint density at radius 3 is 2.60 bits per heavy atom. The van der Waals surface area contributed by atoms with Crippen LogP contribution in [0.3, 0.4) is 0 Å². The van der Waals surface area contributed by atoms with Crippen molar-refractivity contribution in [3.8, 4) is 11.6 Å². The summed E-state index contributed by atoms with van der Waals surface area (Å²) in [6.45, 7) is 3.91. The SMILES string of the molecule is COC(=O)c1cc(OC)c2nc(CN3CCC(c4cccc(OCc5ccc(Cl)cc5F)n4)CC3)n(CC3CCO3)c2c1. The van der Waals surface area contributed by atoms with E-state index in [2.05, 4.69) is 9.47 Å². The molecule has 4 heterocycles. The summed E-state index contributed by atoms with van der Waals surface area (Å²) in [4.78, 5) is 24.5. The molecule has 2 aliphatic heterocycles. The van der Waals surface area contributed by atoms with Crippen LogP contribution in [0.15, 0.2) is 48.5 Å². The van der Waals surface area contributed by atoms with Crippen molar-refractivity contribution in [3.63, 3.8) is 0 Å². The van der Waals surface area contributed by atoms with Gasteiger partial charge in [0.1, 0.15) is 29.5 Å². The lowest BCUT2D eigenvalue weighted by atomic mass is 9.93. The summed E-state index contributed by atoms with van der Waals surface area (Å²) >= 11 is 5.86. The first-order chi connectivity index (χ1) is 20.9. The highest BCUT2D eigenvalue weighted by atomic mass is 35.5. The minimum atomic E-state index is -0.420. The molecular weight excluding hydrogens is 575 g/mol. The fourth-order valence-corrected chi connectivity index (χ4v) is 5.86. The lowest BCUT2D eigenvalue weighted by Crippen LogP contribution is -2.35. The van der Waals surface area contributed by atoms with Crippen molar-refractivity contribution >= 4 is 28.6 Å². The van der Waals surface area contributed by atoms with Crippen molar-refractivity contribution < 1.29 is 28.1 Å². The van der Waals surface area contributed by atoms with Crippen LogP contribution in [-0.4, -0.2) is 65.4 Å². The van der Waals surface area contributed by atoms with Crippen LogP contribution >= 0.6 is 11.6 Å². The highest BCUT2D eigenvalue weighted by Gasteiger charge is 2.27. The van der Waals surface area contributed by atoms with Gasteiger partial charge in [0.05, 0.1) is 44.5 Å². The molecule has 2 fully saturated rings. The number of fused-ring (bicyclic) bond motifs is 1. The first kappa shape index (κ1) is 29.3. The number of carbonyl (C=O) groups excluding carboxylic acids is 1. The monoisotopic (exact) mass is 608 g/mol. The van der Waals surface area contributed by atoms with E-state index >= 15 is 0 Å². The van der Waals surface area contributed by atoms with Crippen molar-refractivity contribution in [1.82, 2.24) is 19.4 Å². The van der Waals surface area contributed by atoms with E-state index < -0.39 is 11.8 Å². The summed E-state index contributed by atoms with van der Waals surface area (Å²) < 4.78 is 38.5. The number of methoxy groups -OCH3 is 2. The van der Waals surface area contributed by atoms with Gasteiger partial charge in [-0.1, -0.05) is 23.7 Å². The van der Waals surface area contributed by atoms with Gasteiger partial charge in [0.25, 0.3) is 0 Å². The Labute approximate surface area is 254 Å². The fraction of sp³-hybridized carbons (Fsp3) is 0.406. The van der Waals surface area contributed by atoms with Gasteiger partial charge in [0, 0.05) is 34.9 Å². The summed E-state index contributed by atoms with van der Waals surface area (Å²) in [6, 6.07) is 13.8. The van der Waals surface area contributed by atoms with E-state index in [-0.39, 0.29) is 18.6 Å². The molecule has 226 valence electrons. The summed E-state index contributed by atoms with van der Waals surface area (Å²) in [5.74, 6) is 1.40. The second kappa shape index (κ2) is 12.9. The smallest absolute Gasteiger partial charge is 0.338 e. The maximum atomic E-state index is 14.2. The van der Waals surface area contributed by atoms with Crippen molar-refractivity contribution in [1.29, 1.82) is 0 Å². The third kappa shape index (κ3) is 6.46. The first-order valence-corrected chi connectivity index (χ1v) is 14.8. The van der Waals surface area contributed by atoms with Gasteiger partial charge in [-0.3, -0.25) is 4.90 Å². The molecular formula is C32H34ClFN4O5. The second-order valence-corrected chi connectivity index (χ2v) is 11.4. The van der Waals surface area contributed by atoms with Gasteiger partial charge in [-0.2, -0.15) is 0 Å². The normalized spacial score (nSPS) is 17.5. The molecule has 1 atom stereocenters. The number of pyridine rings is 1. The van der Waals surface area contributed by atoms with Crippen LogP contribution in [0.4, 0.5) is 4.39 Å². The molecule has 0 aliphatic carbocycles. The van der Waals surface area contributed by atoms with Gasteiger partial charge in [0.15, 0.2) is 0 Å². The van der Waals surface area contributed by atoms with Crippen LogP contribution in [0.25, 0.3) is 11.0 Å². The molecule has 2 saturated heterocycles. The number of esters is 1. The fourth-order valence-electron chi connectivity index (χ4n) is 5.70. The topological polar surface area (TPSA) is 87.9 Å². The molecule has 0 spiro atoms. The third-order valence-corrected chi connectivity index (χ3v) is 8.46. The predicted molar refractivity (Wildman–Crippen MR) is 159 cm³/mol. The molecule has 0 amide bonds. The molecule has 2 aromatic heterocycles. The summed E-state index contributed by atoms with van der Waals surface area (Å²) in [5, 5.41) is 0.352. The highest BCUT2D eigenvalue weighted by Crippen LogP contribution is 2.32. The highest BCUT2D eigenvalue weighted by molar-refractivity contribution is 6.30. The van der Waals surface area contributed by atoms with Crippen LogP contribution < -0.4 is 9.47 Å². The zero-order chi connectivity index (χ0) is 29.9. The number of hydrogen-bond donors (Lipinski definition) is 0. The number of piperidine rings is 1. The third-order valence-electron chi connectivity index (χ3n) is 8.23. The van der Waals surface area contributed by atoms with Crippen LogP contribution in [0.5, 0.6) is 11.6 Å². The Bertz CT molecular complexity index is 1620. The van der Waals surface area contributed by atoms with Gasteiger partial charge < -0.3 is 23.5 Å². The summed E-state index contributed by atoms with van der Waals surface area (Å²) in [6.07, 6.45) is 2.98. The number of benzene rings is 2. The average molecular weight is 609 g/mol. The van der Waals surface area contributed by atoms with Gasteiger partial charge in [-0.25, -0.2) is 19.2 Å². The lowest BCUT2D eigenvalue weighted by molar-refractivity contribution is -0.0592. The Balaban J connectivity index is 1.14. The number of halogens is 2. The molecule has 1 unspecified atom stereocenters. The number of nitrogens with zero attached hydrogens (tertiary/aromatic N) is 4. The summed E-state index contributed by atoms with van der Waals surface area (Å²) in [5.41, 5.74) is 3.38. The zero-order valence-corrected chi connectivity index (χ0v) is 25.0. The average Bonchev–Trinajstić information content (AvgIpc) is 3.34. The molecule has 0 saturated carbocycles. The van der Waals surface area contributed by atoms with E-state index in [1.54, 1.807) is 31.4 Å². The molecule has 43 heavy (non-hydrogen) atoms. The van der Waals surface area contributed by atoms with Crippen molar-refractivity contribution in [2.45, 2.75) is 51.0 Å². The molecule has 0 radical (unpaired) electrons. The van der Waals surface area contributed by atoms with E-state index in [1.165, 1.54) is 13.2 Å². The number of rotatable bonds is 10. The second-order valence-electron chi connectivity index (χ2n) is 10.9. The predicted octanol–water partition coefficient (Wildman–Crippen LogP) is 5.77. The molecule has 4 aromatic rings. The lowest BCUT2D eigenvalue weighted by Gasteiger charge is -2.32. The number of hydrogen-bond acceptors (Lipinski definition) is 8. The maximum absolute atomic E-state index is 14.2. The number of likely N-dealkylation sites (tertiary alicyclic amines) is 1. The first-order valence-electron chi connectivity index (χ1n) is 14.4. The minimum absolute atomic E-state index is 0.0801. The number of carbonyl (C=O) groups is 1. The number of imidazole rings is 1. The van der Waals surface area contributed by atoms with Crippen LogP contribution in [0.1, 0.15) is 52.6 Å². The van der Waals surface area contributed by atoms with E-state index in [4.69, 9.17) is 40.5 Å². The van der Waals surface area contributed by atoms with E-state index in [9.17, 15) is 9.18 Å². The van der Waals surface area contributed by atoms with Crippen LogP contribution in [0, 0.1) is 5.82 Å². The molecule has 0 bridgehead atoms. The minimum Gasteiger partial charge on any atom is -0.494 e. The molecule has 2 aromatic carbocycles. The number of aromatic nitrogens is 3. The maximum Gasteiger partial charge on any atom is 0.338 e. The molecule has 2 aliphatic rings. The van der Waals surface area contributed by atoms with Gasteiger partial charge in [-0.05, 0) is 62.7 Å². The number of ether oxygens (including phenoxy) is 4. The van der Waals surface area contributed by atoms with Crippen molar-refractivity contribution in [3.05, 3.63) is 82.0 Å². The largest absolute Gasteiger partial charge is 0.494 e. The molecule has 9 nitrogen and oxygen atoms in total. The van der Waals surface area contributed by atoms with Gasteiger partial charge in [0.2, 0.25) is 5.88 Å². The van der Waals surface area contributed by atoms with E-state index in [0.29, 0.717) is 40.9 Å². The quantitative estimate of drug-likeness (QED) is 0.210. The van der Waals surface area contributed by atoms with Crippen LogP contribution in [-0.2, 0) is 29.2 Å². The van der Waals surface area contributed by atoms with Gasteiger partial charge >= 0.3 is 5.97 Å². The van der Waals surface area contributed by atoms with E-state index in [1.807, 2.05) is 18.2 Å². The molecule has 11 heteroatoms.